The van der Waals surface area contributed by atoms with Crippen molar-refractivity contribution < 1.29 is 9.53 Å². The molecule has 1 amide bonds. The van der Waals surface area contributed by atoms with E-state index in [1.807, 2.05) is 27.7 Å². The van der Waals surface area contributed by atoms with E-state index in [1.54, 1.807) is 0 Å². The molecular formula is C10H19N5O2. The van der Waals surface area contributed by atoms with Crippen LogP contribution in [-0.4, -0.2) is 38.4 Å². The van der Waals surface area contributed by atoms with Crippen LogP contribution in [0.2, 0.25) is 0 Å². The third-order valence-electron chi connectivity index (χ3n) is 1.81. The van der Waals surface area contributed by atoms with Gasteiger partial charge in [-0.1, -0.05) is 0 Å². The Morgan fingerprint density at radius 2 is 2.18 bits per heavy atom. The molecule has 0 aromatic carbocycles. The molecule has 0 spiro atoms. The van der Waals surface area contributed by atoms with Crippen molar-refractivity contribution in [3.05, 3.63) is 5.82 Å². The van der Waals surface area contributed by atoms with Gasteiger partial charge >= 0.3 is 6.09 Å². The second-order valence-corrected chi connectivity index (χ2v) is 4.66. The zero-order chi connectivity index (χ0) is 12.9. The fraction of sp³-hybridized carbons (Fsp3) is 0.800. The van der Waals surface area contributed by atoms with Crippen LogP contribution >= 0.6 is 0 Å². The second kappa shape index (κ2) is 5.60. The number of aromatic nitrogens is 4. The molecular weight excluding hydrogens is 222 g/mol. The first-order valence-electron chi connectivity index (χ1n) is 5.62. The number of carbonyl (C=O) groups excluding carboxylic acids is 1. The maximum Gasteiger partial charge on any atom is 0.407 e. The minimum atomic E-state index is -0.430. The van der Waals surface area contributed by atoms with E-state index in [-0.39, 0.29) is 12.1 Å². The average Bonchev–Trinajstić information content (AvgIpc) is 2.63. The van der Waals surface area contributed by atoms with E-state index in [1.165, 1.54) is 4.80 Å². The highest BCUT2D eigenvalue weighted by Crippen LogP contribution is 1.99. The smallest absolute Gasteiger partial charge is 0.407 e. The molecule has 96 valence electrons. The lowest BCUT2D eigenvalue weighted by atomic mass is 10.1. The SMILES string of the molecule is CCn1nnc(CCOC(=O)NC(C)(C)C)n1. The first kappa shape index (κ1) is 13.4. The quantitative estimate of drug-likeness (QED) is 0.841. The summed E-state index contributed by atoms with van der Waals surface area (Å²) in [6.07, 6.45) is 0.0396. The molecule has 7 heteroatoms. The van der Waals surface area contributed by atoms with Crippen LogP contribution in [0.25, 0.3) is 0 Å². The summed E-state index contributed by atoms with van der Waals surface area (Å²) in [6.45, 7) is 8.53. The predicted molar refractivity (Wildman–Crippen MR) is 61.4 cm³/mol. The van der Waals surface area contributed by atoms with Crippen LogP contribution in [0.1, 0.15) is 33.5 Å². The minimum Gasteiger partial charge on any atom is -0.449 e. The van der Waals surface area contributed by atoms with Gasteiger partial charge in [-0.05, 0) is 32.9 Å². The van der Waals surface area contributed by atoms with Crippen molar-refractivity contribution in [3.63, 3.8) is 0 Å². The Morgan fingerprint density at radius 3 is 2.71 bits per heavy atom. The van der Waals surface area contributed by atoms with Gasteiger partial charge < -0.3 is 10.1 Å². The summed E-state index contributed by atoms with van der Waals surface area (Å²) >= 11 is 0. The summed E-state index contributed by atoms with van der Waals surface area (Å²) in [5.41, 5.74) is -0.291. The van der Waals surface area contributed by atoms with Gasteiger partial charge in [0.05, 0.1) is 6.54 Å². The van der Waals surface area contributed by atoms with Crippen LogP contribution in [0.3, 0.4) is 0 Å². The molecule has 0 atom stereocenters. The number of hydrogen-bond acceptors (Lipinski definition) is 5. The van der Waals surface area contributed by atoms with E-state index >= 15 is 0 Å². The van der Waals surface area contributed by atoms with Gasteiger partial charge in [0.2, 0.25) is 0 Å². The Balaban J connectivity index is 2.26. The monoisotopic (exact) mass is 241 g/mol. The molecule has 7 nitrogen and oxygen atoms in total. The van der Waals surface area contributed by atoms with Crippen molar-refractivity contribution in [1.82, 2.24) is 25.5 Å². The number of nitrogens with zero attached hydrogens (tertiary/aromatic N) is 4. The topological polar surface area (TPSA) is 81.9 Å². The third-order valence-corrected chi connectivity index (χ3v) is 1.81. The van der Waals surface area contributed by atoms with E-state index in [0.717, 1.165) is 0 Å². The maximum atomic E-state index is 11.3. The second-order valence-electron chi connectivity index (χ2n) is 4.66. The van der Waals surface area contributed by atoms with E-state index in [9.17, 15) is 4.79 Å². The van der Waals surface area contributed by atoms with Crippen molar-refractivity contribution in [2.24, 2.45) is 0 Å². The number of rotatable bonds is 4. The number of carbonyl (C=O) groups is 1. The number of alkyl carbamates (subject to hydrolysis) is 1. The molecule has 0 aliphatic rings. The molecule has 1 aromatic heterocycles. The Morgan fingerprint density at radius 1 is 1.47 bits per heavy atom. The number of tetrazole rings is 1. The molecule has 0 unspecified atom stereocenters. The van der Waals surface area contributed by atoms with E-state index in [4.69, 9.17) is 4.74 Å². The van der Waals surface area contributed by atoms with Crippen LogP contribution in [0.4, 0.5) is 4.79 Å². The molecule has 0 saturated heterocycles. The highest BCUT2D eigenvalue weighted by atomic mass is 16.5. The number of nitrogens with one attached hydrogen (secondary N) is 1. The molecule has 0 aliphatic carbocycles. The molecule has 1 aromatic rings. The Bertz CT molecular complexity index is 369. The minimum absolute atomic E-state index is 0.247. The Labute approximate surface area is 101 Å². The van der Waals surface area contributed by atoms with E-state index < -0.39 is 6.09 Å². The molecule has 0 fully saturated rings. The van der Waals surface area contributed by atoms with Crippen molar-refractivity contribution in [1.29, 1.82) is 0 Å². The lowest BCUT2D eigenvalue weighted by molar-refractivity contribution is 0.138. The fourth-order valence-corrected chi connectivity index (χ4v) is 1.09. The first-order valence-corrected chi connectivity index (χ1v) is 5.62. The molecule has 1 N–H and O–H groups in total. The lowest BCUT2D eigenvalue weighted by Gasteiger charge is -2.19. The van der Waals surface area contributed by atoms with Gasteiger partial charge in [0.15, 0.2) is 5.82 Å². The summed E-state index contributed by atoms with van der Waals surface area (Å²) < 4.78 is 5.00. The zero-order valence-corrected chi connectivity index (χ0v) is 10.7. The Hall–Kier alpha value is -1.66. The van der Waals surface area contributed by atoms with Crippen LogP contribution in [0.15, 0.2) is 0 Å². The highest BCUT2D eigenvalue weighted by molar-refractivity contribution is 5.68. The van der Waals surface area contributed by atoms with Crippen molar-refractivity contribution >= 4 is 6.09 Å². The van der Waals surface area contributed by atoms with Gasteiger partial charge in [0, 0.05) is 12.0 Å². The molecule has 0 radical (unpaired) electrons. The van der Waals surface area contributed by atoms with Gasteiger partial charge in [0.25, 0.3) is 0 Å². The van der Waals surface area contributed by atoms with E-state index in [0.29, 0.717) is 18.8 Å². The highest BCUT2D eigenvalue weighted by Gasteiger charge is 2.14. The van der Waals surface area contributed by atoms with Gasteiger partial charge in [-0.25, -0.2) is 4.79 Å². The van der Waals surface area contributed by atoms with Gasteiger partial charge in [0.1, 0.15) is 6.61 Å². The predicted octanol–water partition coefficient (Wildman–Crippen LogP) is 0.760. The largest absolute Gasteiger partial charge is 0.449 e. The third kappa shape index (κ3) is 5.28. The summed E-state index contributed by atoms with van der Waals surface area (Å²) in [7, 11) is 0. The van der Waals surface area contributed by atoms with Crippen molar-refractivity contribution in [2.75, 3.05) is 6.61 Å². The summed E-state index contributed by atoms with van der Waals surface area (Å²) in [5.74, 6) is 0.579. The summed E-state index contributed by atoms with van der Waals surface area (Å²) in [6, 6.07) is 0. The normalized spacial score (nSPS) is 11.3. The molecule has 17 heavy (non-hydrogen) atoms. The first-order chi connectivity index (χ1) is 7.90. The van der Waals surface area contributed by atoms with Gasteiger partial charge in [-0.15, -0.1) is 10.2 Å². The fourth-order valence-electron chi connectivity index (χ4n) is 1.09. The number of ether oxygens (including phenoxy) is 1. The van der Waals surface area contributed by atoms with Crippen LogP contribution in [0, 0.1) is 0 Å². The maximum absolute atomic E-state index is 11.3. The molecule has 1 heterocycles. The molecule has 0 aliphatic heterocycles. The molecule has 0 saturated carbocycles. The standard InChI is InChI=1S/C10H19N5O2/c1-5-15-13-8(12-14-15)6-7-17-9(16)11-10(2,3)4/h5-7H2,1-4H3,(H,11,16). The van der Waals surface area contributed by atoms with Crippen molar-refractivity contribution in [3.8, 4) is 0 Å². The van der Waals surface area contributed by atoms with Crippen LogP contribution < -0.4 is 5.32 Å². The van der Waals surface area contributed by atoms with Crippen LogP contribution in [0.5, 0.6) is 0 Å². The van der Waals surface area contributed by atoms with E-state index in [2.05, 4.69) is 20.7 Å². The van der Waals surface area contributed by atoms with Crippen molar-refractivity contribution in [2.45, 2.75) is 46.2 Å². The molecule has 0 bridgehead atoms. The summed E-state index contributed by atoms with van der Waals surface area (Å²) in [4.78, 5) is 12.8. The lowest BCUT2D eigenvalue weighted by Crippen LogP contribution is -2.41. The van der Waals surface area contributed by atoms with Gasteiger partial charge in [-0.2, -0.15) is 4.80 Å². The number of amides is 1. The number of hydrogen-bond donors (Lipinski definition) is 1. The van der Waals surface area contributed by atoms with Gasteiger partial charge in [-0.3, -0.25) is 0 Å². The average molecular weight is 241 g/mol. The number of aryl methyl sites for hydroxylation is 1. The Kier molecular flexibility index (Phi) is 4.42. The summed E-state index contributed by atoms with van der Waals surface area (Å²) in [5, 5.41) is 14.4. The van der Waals surface area contributed by atoms with Crippen LogP contribution in [-0.2, 0) is 17.7 Å². The molecule has 1 rings (SSSR count). The zero-order valence-electron chi connectivity index (χ0n) is 10.7.